The summed E-state index contributed by atoms with van der Waals surface area (Å²) in [5.41, 5.74) is 0. The molecule has 0 saturated carbocycles. The van der Waals surface area contributed by atoms with E-state index in [-0.39, 0.29) is 11.9 Å². The van der Waals surface area contributed by atoms with Gasteiger partial charge in [-0.05, 0) is 30.5 Å². The van der Waals surface area contributed by atoms with Crippen molar-refractivity contribution in [3.63, 3.8) is 0 Å². The van der Waals surface area contributed by atoms with Crippen molar-refractivity contribution in [1.29, 1.82) is 0 Å². The maximum absolute atomic E-state index is 12.1. The highest BCUT2D eigenvalue weighted by Crippen LogP contribution is 2.19. The van der Waals surface area contributed by atoms with Crippen molar-refractivity contribution in [2.75, 3.05) is 25.1 Å². The molecule has 0 unspecified atom stereocenters. The van der Waals surface area contributed by atoms with Gasteiger partial charge in [-0.3, -0.25) is 4.79 Å². The van der Waals surface area contributed by atoms with Crippen LogP contribution in [0.4, 0.5) is 0 Å². The largest absolute Gasteiger partial charge is 0.342 e. The smallest absolute Gasteiger partial charge is 0.250 e. The van der Waals surface area contributed by atoms with Crippen molar-refractivity contribution in [3.8, 4) is 0 Å². The molecular formula is C12H18N2O3S3. The molecule has 8 heteroatoms. The molecule has 1 N–H and O–H groups in total. The second-order valence-corrected chi connectivity index (χ2v) is 8.40. The fourth-order valence-electron chi connectivity index (χ4n) is 2.16. The van der Waals surface area contributed by atoms with Gasteiger partial charge in [0.15, 0.2) is 0 Å². The van der Waals surface area contributed by atoms with E-state index >= 15 is 0 Å². The van der Waals surface area contributed by atoms with Crippen molar-refractivity contribution in [2.24, 2.45) is 0 Å². The summed E-state index contributed by atoms with van der Waals surface area (Å²) in [6.07, 6.45) is 3.25. The van der Waals surface area contributed by atoms with E-state index in [1.165, 1.54) is 23.1 Å². The Morgan fingerprint density at radius 1 is 1.50 bits per heavy atom. The Bertz CT molecular complexity index is 534. The minimum atomic E-state index is -3.40. The van der Waals surface area contributed by atoms with Gasteiger partial charge in [-0.1, -0.05) is 6.07 Å². The number of thiophene rings is 1. The van der Waals surface area contributed by atoms with Gasteiger partial charge >= 0.3 is 0 Å². The van der Waals surface area contributed by atoms with Crippen LogP contribution in [-0.2, 0) is 14.8 Å². The SMILES string of the molecule is CSCC(=O)N1CCC(NS(=O)(=O)c2cccs2)CC1. The number of rotatable bonds is 5. The first-order chi connectivity index (χ1) is 9.53. The highest BCUT2D eigenvalue weighted by atomic mass is 32.2. The molecule has 0 bridgehead atoms. The molecule has 20 heavy (non-hydrogen) atoms. The average molecular weight is 334 g/mol. The van der Waals surface area contributed by atoms with E-state index in [9.17, 15) is 13.2 Å². The molecule has 0 aromatic carbocycles. The molecule has 0 atom stereocenters. The molecule has 0 radical (unpaired) electrons. The van der Waals surface area contributed by atoms with Gasteiger partial charge in [-0.2, -0.15) is 11.8 Å². The van der Waals surface area contributed by atoms with Crippen molar-refractivity contribution in [2.45, 2.75) is 23.1 Å². The number of sulfonamides is 1. The van der Waals surface area contributed by atoms with Gasteiger partial charge in [0.05, 0.1) is 5.75 Å². The first-order valence-electron chi connectivity index (χ1n) is 6.35. The molecule has 0 spiro atoms. The van der Waals surface area contributed by atoms with Crippen molar-refractivity contribution >= 4 is 39.0 Å². The van der Waals surface area contributed by atoms with Gasteiger partial charge in [-0.15, -0.1) is 11.3 Å². The van der Waals surface area contributed by atoms with Gasteiger partial charge in [0.1, 0.15) is 4.21 Å². The number of hydrogen-bond donors (Lipinski definition) is 1. The summed E-state index contributed by atoms with van der Waals surface area (Å²) in [5.74, 6) is 0.628. The molecule has 1 fully saturated rings. The fraction of sp³-hybridized carbons (Fsp3) is 0.583. The van der Waals surface area contributed by atoms with Crippen LogP contribution < -0.4 is 4.72 Å². The number of piperidine rings is 1. The first-order valence-corrected chi connectivity index (χ1v) is 10.1. The van der Waals surface area contributed by atoms with Gasteiger partial charge in [0, 0.05) is 19.1 Å². The Morgan fingerprint density at radius 3 is 2.75 bits per heavy atom. The zero-order valence-electron chi connectivity index (χ0n) is 11.2. The fourth-order valence-corrected chi connectivity index (χ4v) is 4.90. The second kappa shape index (κ2) is 6.93. The van der Waals surface area contributed by atoms with E-state index < -0.39 is 10.0 Å². The predicted molar refractivity (Wildman–Crippen MR) is 82.6 cm³/mol. The van der Waals surface area contributed by atoms with E-state index in [0.29, 0.717) is 35.9 Å². The highest BCUT2D eigenvalue weighted by molar-refractivity contribution is 7.99. The summed E-state index contributed by atoms with van der Waals surface area (Å²) in [4.78, 5) is 13.6. The molecule has 112 valence electrons. The number of carbonyl (C=O) groups is 1. The summed E-state index contributed by atoms with van der Waals surface area (Å²) in [7, 11) is -3.40. The zero-order valence-corrected chi connectivity index (χ0v) is 13.7. The standard InChI is InChI=1S/C12H18N2O3S3/c1-18-9-11(15)14-6-4-10(5-7-14)13-20(16,17)12-3-2-8-19-12/h2-3,8,10,13H,4-7,9H2,1H3. The number of amides is 1. The van der Waals surface area contributed by atoms with E-state index in [0.717, 1.165) is 0 Å². The molecule has 1 saturated heterocycles. The monoisotopic (exact) mass is 334 g/mol. The minimum Gasteiger partial charge on any atom is -0.342 e. The number of nitrogens with one attached hydrogen (secondary N) is 1. The molecule has 1 amide bonds. The molecule has 1 aromatic heterocycles. The molecule has 1 aliphatic rings. The Hall–Kier alpha value is -0.570. The van der Waals surface area contributed by atoms with Gasteiger partial charge in [0.25, 0.3) is 0 Å². The van der Waals surface area contributed by atoms with Crippen molar-refractivity contribution in [1.82, 2.24) is 9.62 Å². The first kappa shape index (κ1) is 15.8. The van der Waals surface area contributed by atoms with Crippen LogP contribution >= 0.6 is 23.1 Å². The Kier molecular flexibility index (Phi) is 5.48. The molecule has 2 heterocycles. The maximum atomic E-state index is 12.1. The lowest BCUT2D eigenvalue weighted by Gasteiger charge is -2.32. The van der Waals surface area contributed by atoms with Crippen LogP contribution in [0.15, 0.2) is 21.7 Å². The van der Waals surface area contributed by atoms with Crippen molar-refractivity contribution < 1.29 is 13.2 Å². The van der Waals surface area contributed by atoms with Crippen LogP contribution in [0.2, 0.25) is 0 Å². The molecule has 5 nitrogen and oxygen atoms in total. The lowest BCUT2D eigenvalue weighted by atomic mass is 10.1. The van der Waals surface area contributed by atoms with Crippen LogP contribution in [0.25, 0.3) is 0 Å². The number of thioether (sulfide) groups is 1. The van der Waals surface area contributed by atoms with E-state index in [1.54, 1.807) is 17.5 Å². The van der Waals surface area contributed by atoms with E-state index in [2.05, 4.69) is 4.72 Å². The normalized spacial score (nSPS) is 17.4. The zero-order chi connectivity index (χ0) is 14.6. The van der Waals surface area contributed by atoms with Crippen LogP contribution in [0.3, 0.4) is 0 Å². The maximum Gasteiger partial charge on any atom is 0.250 e. The predicted octanol–water partition coefficient (Wildman–Crippen LogP) is 1.38. The molecule has 2 rings (SSSR count). The number of likely N-dealkylation sites (tertiary alicyclic amines) is 1. The lowest BCUT2D eigenvalue weighted by Crippen LogP contribution is -2.46. The molecule has 1 aliphatic heterocycles. The second-order valence-electron chi connectivity index (χ2n) is 4.64. The molecule has 0 aliphatic carbocycles. The summed E-state index contributed by atoms with van der Waals surface area (Å²) < 4.78 is 27.3. The van der Waals surface area contributed by atoms with Crippen LogP contribution in [0.5, 0.6) is 0 Å². The number of hydrogen-bond acceptors (Lipinski definition) is 5. The third-order valence-corrected chi connectivity index (χ3v) is 6.65. The summed E-state index contributed by atoms with van der Waals surface area (Å²) in [5, 5.41) is 1.75. The van der Waals surface area contributed by atoms with Crippen molar-refractivity contribution in [3.05, 3.63) is 17.5 Å². The van der Waals surface area contributed by atoms with E-state index in [4.69, 9.17) is 0 Å². The summed E-state index contributed by atoms with van der Waals surface area (Å²) >= 11 is 2.72. The average Bonchev–Trinajstić information content (AvgIpc) is 2.94. The lowest BCUT2D eigenvalue weighted by molar-refractivity contribution is -0.129. The van der Waals surface area contributed by atoms with Gasteiger partial charge < -0.3 is 4.90 Å². The Balaban J connectivity index is 1.87. The quantitative estimate of drug-likeness (QED) is 0.883. The molecular weight excluding hydrogens is 316 g/mol. The van der Waals surface area contributed by atoms with Crippen LogP contribution in [0, 0.1) is 0 Å². The Labute approximate surface area is 127 Å². The topological polar surface area (TPSA) is 66.5 Å². The third-order valence-electron chi connectivity index (χ3n) is 3.20. The highest BCUT2D eigenvalue weighted by Gasteiger charge is 2.26. The summed E-state index contributed by atoms with van der Waals surface area (Å²) in [6.45, 7) is 1.24. The van der Waals surface area contributed by atoms with Crippen LogP contribution in [0.1, 0.15) is 12.8 Å². The van der Waals surface area contributed by atoms with Gasteiger partial charge in [0.2, 0.25) is 15.9 Å². The molecule has 1 aromatic rings. The van der Waals surface area contributed by atoms with Gasteiger partial charge in [-0.25, -0.2) is 13.1 Å². The number of nitrogens with zero attached hydrogens (tertiary/aromatic N) is 1. The minimum absolute atomic E-state index is 0.0829. The third kappa shape index (κ3) is 3.97. The number of carbonyl (C=O) groups excluding carboxylic acids is 1. The Morgan fingerprint density at radius 2 is 2.20 bits per heavy atom. The van der Waals surface area contributed by atoms with E-state index in [1.807, 2.05) is 11.2 Å². The summed E-state index contributed by atoms with van der Waals surface area (Å²) in [6, 6.07) is 3.24. The van der Waals surface area contributed by atoms with Crippen LogP contribution in [-0.4, -0.2) is 50.4 Å².